The molecule has 0 nitrogen and oxygen atoms in total. The van der Waals surface area contributed by atoms with Crippen molar-refractivity contribution in [3.8, 4) is 0 Å². The normalized spacial score (nSPS) is 37.7. The summed E-state index contributed by atoms with van der Waals surface area (Å²) in [6.45, 7) is 4.70. The number of hydrogen-bond acceptors (Lipinski definition) is 0. The third-order valence-corrected chi connectivity index (χ3v) is 11.8. The van der Waals surface area contributed by atoms with Crippen LogP contribution in [0, 0.1) is 47.3 Å². The Morgan fingerprint density at radius 2 is 0.917 bits per heavy atom. The molecule has 4 aliphatic rings. The summed E-state index contributed by atoms with van der Waals surface area (Å²) in [5.74, 6) is 8.28. The maximum atomic E-state index is 2.66. The van der Waals surface area contributed by atoms with Gasteiger partial charge in [-0.2, -0.15) is 0 Å². The van der Waals surface area contributed by atoms with Crippen LogP contribution in [0.15, 0.2) is 12.2 Å². The van der Waals surface area contributed by atoms with Gasteiger partial charge in [-0.05, 0) is 105 Å². The van der Waals surface area contributed by atoms with Gasteiger partial charge in [-0.25, -0.2) is 0 Å². The molecule has 208 valence electrons. The second-order valence-corrected chi connectivity index (χ2v) is 14.3. The number of rotatable bonds is 13. The minimum Gasteiger partial charge on any atom is -0.0851 e. The maximum Gasteiger partial charge on any atom is -0.0205 e. The lowest BCUT2D eigenvalue weighted by Crippen LogP contribution is -2.26. The lowest BCUT2D eigenvalue weighted by Gasteiger charge is -2.38. The summed E-state index contributed by atoms with van der Waals surface area (Å²) in [6, 6.07) is 0. The summed E-state index contributed by atoms with van der Waals surface area (Å²) < 4.78 is 0. The highest BCUT2D eigenvalue weighted by molar-refractivity contribution is 5.00. The number of allylic oxidation sites excluding steroid dienone is 2. The molecule has 0 radical (unpaired) electrons. The van der Waals surface area contributed by atoms with Gasteiger partial charge >= 0.3 is 0 Å². The molecular weight excluding hydrogens is 432 g/mol. The first-order valence-corrected chi connectivity index (χ1v) is 17.4. The van der Waals surface area contributed by atoms with Gasteiger partial charge in [-0.15, -0.1) is 0 Å². The highest BCUT2D eigenvalue weighted by Crippen LogP contribution is 2.44. The molecule has 4 aliphatic carbocycles. The molecule has 0 saturated heterocycles. The van der Waals surface area contributed by atoms with Gasteiger partial charge in [-0.1, -0.05) is 122 Å². The van der Waals surface area contributed by atoms with Crippen molar-refractivity contribution in [1.82, 2.24) is 0 Å². The van der Waals surface area contributed by atoms with Gasteiger partial charge in [0.05, 0.1) is 0 Å². The van der Waals surface area contributed by atoms with E-state index in [2.05, 4.69) is 26.0 Å². The molecule has 0 aliphatic heterocycles. The molecule has 0 spiro atoms. The lowest BCUT2D eigenvalue weighted by molar-refractivity contribution is 0.139. The third kappa shape index (κ3) is 9.19. The minimum atomic E-state index is 0.907. The van der Waals surface area contributed by atoms with E-state index >= 15 is 0 Å². The summed E-state index contributed by atoms with van der Waals surface area (Å²) in [4.78, 5) is 0. The lowest BCUT2D eigenvalue weighted by atomic mass is 9.68. The maximum absolute atomic E-state index is 2.66. The van der Waals surface area contributed by atoms with Crippen molar-refractivity contribution in [3.63, 3.8) is 0 Å². The molecule has 2 unspecified atom stereocenters. The Labute approximate surface area is 227 Å². The molecule has 0 aromatic carbocycles. The molecule has 2 atom stereocenters. The van der Waals surface area contributed by atoms with E-state index in [9.17, 15) is 0 Å². The SMILES string of the molecule is CCCCCC1C=CC(C2CCC(CCCCC3CCC(C4CCC(CCC)CC4)CC3)CC2)CC1. The van der Waals surface area contributed by atoms with Crippen molar-refractivity contribution in [1.29, 1.82) is 0 Å². The Hall–Kier alpha value is -0.260. The second kappa shape index (κ2) is 16.0. The second-order valence-electron chi connectivity index (χ2n) is 14.3. The Morgan fingerprint density at radius 3 is 1.39 bits per heavy atom. The molecular formula is C36H64. The summed E-state index contributed by atoms with van der Waals surface area (Å²) >= 11 is 0. The van der Waals surface area contributed by atoms with Crippen LogP contribution in [0.4, 0.5) is 0 Å². The molecule has 3 saturated carbocycles. The van der Waals surface area contributed by atoms with Crippen LogP contribution >= 0.6 is 0 Å². The fraction of sp³-hybridized carbons (Fsp3) is 0.944. The average Bonchev–Trinajstić information content (AvgIpc) is 2.93. The van der Waals surface area contributed by atoms with E-state index < -0.39 is 0 Å². The van der Waals surface area contributed by atoms with Crippen molar-refractivity contribution >= 4 is 0 Å². The van der Waals surface area contributed by atoms with Gasteiger partial charge in [0.1, 0.15) is 0 Å². The number of unbranched alkanes of at least 4 members (excludes halogenated alkanes) is 3. The van der Waals surface area contributed by atoms with Crippen LogP contribution < -0.4 is 0 Å². The largest absolute Gasteiger partial charge is 0.0851 e. The van der Waals surface area contributed by atoms with Crippen LogP contribution in [0.1, 0.15) is 168 Å². The molecule has 0 aromatic rings. The average molecular weight is 497 g/mol. The van der Waals surface area contributed by atoms with E-state index in [1.165, 1.54) is 77.0 Å². The first-order chi connectivity index (χ1) is 17.7. The van der Waals surface area contributed by atoms with Crippen molar-refractivity contribution in [3.05, 3.63) is 12.2 Å². The highest BCUT2D eigenvalue weighted by atomic mass is 14.4. The van der Waals surface area contributed by atoms with E-state index in [4.69, 9.17) is 0 Å². The van der Waals surface area contributed by atoms with E-state index in [1.54, 1.807) is 77.0 Å². The predicted octanol–water partition coefficient (Wildman–Crippen LogP) is 11.9. The van der Waals surface area contributed by atoms with E-state index in [0.717, 1.165) is 47.3 Å². The van der Waals surface area contributed by atoms with E-state index in [0.29, 0.717) is 0 Å². The van der Waals surface area contributed by atoms with Crippen LogP contribution in [-0.4, -0.2) is 0 Å². The Kier molecular flexibility index (Phi) is 12.8. The third-order valence-electron chi connectivity index (χ3n) is 11.8. The van der Waals surface area contributed by atoms with Crippen molar-refractivity contribution in [2.75, 3.05) is 0 Å². The smallest absolute Gasteiger partial charge is 0.0205 e. The van der Waals surface area contributed by atoms with Gasteiger partial charge in [0.15, 0.2) is 0 Å². The molecule has 0 N–H and O–H groups in total. The highest BCUT2D eigenvalue weighted by Gasteiger charge is 2.31. The van der Waals surface area contributed by atoms with Gasteiger partial charge in [-0.3, -0.25) is 0 Å². The first-order valence-electron chi connectivity index (χ1n) is 17.4. The van der Waals surface area contributed by atoms with Crippen LogP contribution in [0.2, 0.25) is 0 Å². The van der Waals surface area contributed by atoms with E-state index in [-0.39, 0.29) is 0 Å². The van der Waals surface area contributed by atoms with Gasteiger partial charge in [0.25, 0.3) is 0 Å². The fourth-order valence-electron chi connectivity index (χ4n) is 9.26. The van der Waals surface area contributed by atoms with Crippen molar-refractivity contribution in [2.45, 2.75) is 168 Å². The summed E-state index contributed by atoms with van der Waals surface area (Å²) in [5.41, 5.74) is 0. The minimum absolute atomic E-state index is 0.907. The summed E-state index contributed by atoms with van der Waals surface area (Å²) in [6.07, 6.45) is 41.7. The molecule has 0 bridgehead atoms. The van der Waals surface area contributed by atoms with Gasteiger partial charge in [0, 0.05) is 0 Å². The van der Waals surface area contributed by atoms with Crippen LogP contribution in [-0.2, 0) is 0 Å². The van der Waals surface area contributed by atoms with E-state index in [1.807, 2.05) is 0 Å². The number of hydrogen-bond donors (Lipinski definition) is 0. The van der Waals surface area contributed by atoms with Crippen LogP contribution in [0.3, 0.4) is 0 Å². The Bertz CT molecular complexity index is 579. The first kappa shape index (κ1) is 28.7. The van der Waals surface area contributed by atoms with Crippen molar-refractivity contribution in [2.24, 2.45) is 47.3 Å². The van der Waals surface area contributed by atoms with Gasteiger partial charge < -0.3 is 0 Å². The quantitative estimate of drug-likeness (QED) is 0.176. The molecule has 0 heterocycles. The molecule has 4 rings (SSSR count). The zero-order chi connectivity index (χ0) is 25.0. The standard InChI is InChI=1S/C36H64/c1-3-5-6-10-30-15-23-35(24-16-30)36-27-19-32(20-28-36)12-8-7-11-31-17-25-34(26-18-31)33-21-13-29(9-4-2)14-22-33/h15,23,29-36H,3-14,16-22,24-28H2,1-2H3. The van der Waals surface area contributed by atoms with Crippen LogP contribution in [0.25, 0.3) is 0 Å². The monoisotopic (exact) mass is 497 g/mol. The molecule has 3 fully saturated rings. The zero-order valence-corrected chi connectivity index (χ0v) is 24.7. The Balaban J connectivity index is 1.02. The molecule has 0 amide bonds. The fourth-order valence-corrected chi connectivity index (χ4v) is 9.26. The Morgan fingerprint density at radius 1 is 0.417 bits per heavy atom. The predicted molar refractivity (Wildman–Crippen MR) is 159 cm³/mol. The van der Waals surface area contributed by atoms with Gasteiger partial charge in [0.2, 0.25) is 0 Å². The summed E-state index contributed by atoms with van der Waals surface area (Å²) in [7, 11) is 0. The van der Waals surface area contributed by atoms with Crippen molar-refractivity contribution < 1.29 is 0 Å². The molecule has 0 aromatic heterocycles. The molecule has 36 heavy (non-hydrogen) atoms. The van der Waals surface area contributed by atoms with Crippen LogP contribution in [0.5, 0.6) is 0 Å². The topological polar surface area (TPSA) is 0 Å². The summed E-state index contributed by atoms with van der Waals surface area (Å²) in [5, 5.41) is 0. The zero-order valence-electron chi connectivity index (χ0n) is 24.7. The molecule has 0 heteroatoms.